The third-order valence-electron chi connectivity index (χ3n) is 2.71. The van der Waals surface area contributed by atoms with Gasteiger partial charge in [-0.05, 0) is 19.9 Å². The molecule has 2 aromatic heterocycles. The number of H-pyrrole nitrogens is 1. The summed E-state index contributed by atoms with van der Waals surface area (Å²) in [6, 6.07) is 1.84. The SMILES string of the molecule is COCc1nccc(NCc2c(C)n[nH]c2C)n1. The van der Waals surface area contributed by atoms with Gasteiger partial charge in [-0.2, -0.15) is 5.10 Å². The predicted molar refractivity (Wildman–Crippen MR) is 68.1 cm³/mol. The summed E-state index contributed by atoms with van der Waals surface area (Å²) in [6.45, 7) is 5.10. The molecule has 0 aromatic carbocycles. The zero-order chi connectivity index (χ0) is 13.0. The Morgan fingerprint density at radius 2 is 2.22 bits per heavy atom. The minimum absolute atomic E-state index is 0.416. The lowest BCUT2D eigenvalue weighted by molar-refractivity contribution is 0.178. The molecule has 0 saturated carbocycles. The Morgan fingerprint density at radius 3 is 2.89 bits per heavy atom. The molecule has 6 nitrogen and oxygen atoms in total. The zero-order valence-electron chi connectivity index (χ0n) is 10.8. The maximum absolute atomic E-state index is 5.00. The van der Waals surface area contributed by atoms with Crippen LogP contribution in [0.1, 0.15) is 22.8 Å². The van der Waals surface area contributed by atoms with E-state index in [0.717, 1.165) is 17.2 Å². The number of hydrogen-bond donors (Lipinski definition) is 2. The number of rotatable bonds is 5. The number of aromatic amines is 1. The second-order valence-corrected chi connectivity index (χ2v) is 4.06. The Hall–Kier alpha value is -1.95. The van der Waals surface area contributed by atoms with Crippen molar-refractivity contribution in [2.75, 3.05) is 12.4 Å². The summed E-state index contributed by atoms with van der Waals surface area (Å²) < 4.78 is 5.00. The van der Waals surface area contributed by atoms with E-state index >= 15 is 0 Å². The fourth-order valence-corrected chi connectivity index (χ4v) is 1.71. The molecule has 0 radical (unpaired) electrons. The molecule has 0 aliphatic heterocycles. The summed E-state index contributed by atoms with van der Waals surface area (Å²) in [5, 5.41) is 10.4. The predicted octanol–water partition coefficient (Wildman–Crippen LogP) is 1.58. The molecule has 0 atom stereocenters. The first kappa shape index (κ1) is 12.5. The highest BCUT2D eigenvalue weighted by atomic mass is 16.5. The lowest BCUT2D eigenvalue weighted by atomic mass is 10.2. The Morgan fingerprint density at radius 1 is 1.39 bits per heavy atom. The van der Waals surface area contributed by atoms with Gasteiger partial charge in [0, 0.05) is 31.1 Å². The van der Waals surface area contributed by atoms with Gasteiger partial charge in [-0.3, -0.25) is 5.10 Å². The number of ether oxygens (including phenoxy) is 1. The van der Waals surface area contributed by atoms with Crippen molar-refractivity contribution in [2.24, 2.45) is 0 Å². The van der Waals surface area contributed by atoms with Gasteiger partial charge in [-0.15, -0.1) is 0 Å². The molecule has 0 aliphatic rings. The lowest BCUT2D eigenvalue weighted by Crippen LogP contribution is -2.05. The normalized spacial score (nSPS) is 10.6. The van der Waals surface area contributed by atoms with Gasteiger partial charge >= 0.3 is 0 Å². The minimum atomic E-state index is 0.416. The highest BCUT2D eigenvalue weighted by Crippen LogP contribution is 2.12. The number of methoxy groups -OCH3 is 1. The van der Waals surface area contributed by atoms with Crippen molar-refractivity contribution >= 4 is 5.82 Å². The van der Waals surface area contributed by atoms with Gasteiger partial charge in [0.1, 0.15) is 12.4 Å². The molecular weight excluding hydrogens is 230 g/mol. The summed E-state index contributed by atoms with van der Waals surface area (Å²) in [5.74, 6) is 1.46. The van der Waals surface area contributed by atoms with Gasteiger partial charge in [0.15, 0.2) is 5.82 Å². The molecule has 0 amide bonds. The van der Waals surface area contributed by atoms with Gasteiger partial charge in [0.25, 0.3) is 0 Å². The van der Waals surface area contributed by atoms with Crippen LogP contribution in [0.25, 0.3) is 0 Å². The van der Waals surface area contributed by atoms with E-state index in [1.165, 1.54) is 5.56 Å². The smallest absolute Gasteiger partial charge is 0.156 e. The molecule has 0 spiro atoms. The number of aromatic nitrogens is 4. The molecule has 6 heteroatoms. The van der Waals surface area contributed by atoms with Crippen LogP contribution >= 0.6 is 0 Å². The van der Waals surface area contributed by atoms with E-state index in [0.29, 0.717) is 19.0 Å². The first-order chi connectivity index (χ1) is 8.70. The van der Waals surface area contributed by atoms with E-state index in [-0.39, 0.29) is 0 Å². The number of nitrogens with one attached hydrogen (secondary N) is 2. The fourth-order valence-electron chi connectivity index (χ4n) is 1.71. The van der Waals surface area contributed by atoms with Crippen LogP contribution in [0.3, 0.4) is 0 Å². The van der Waals surface area contributed by atoms with E-state index < -0.39 is 0 Å². The fraction of sp³-hybridized carbons (Fsp3) is 0.417. The van der Waals surface area contributed by atoms with E-state index in [1.54, 1.807) is 13.3 Å². The number of aryl methyl sites for hydroxylation is 2. The van der Waals surface area contributed by atoms with Gasteiger partial charge < -0.3 is 10.1 Å². The molecule has 0 saturated heterocycles. The molecule has 0 unspecified atom stereocenters. The van der Waals surface area contributed by atoms with Crippen LogP contribution in [0.5, 0.6) is 0 Å². The highest BCUT2D eigenvalue weighted by molar-refractivity contribution is 5.36. The number of anilines is 1. The van der Waals surface area contributed by atoms with Gasteiger partial charge in [0.2, 0.25) is 0 Å². The van der Waals surface area contributed by atoms with Crippen LogP contribution in [-0.2, 0) is 17.9 Å². The van der Waals surface area contributed by atoms with E-state index in [9.17, 15) is 0 Å². The summed E-state index contributed by atoms with van der Waals surface area (Å²) in [7, 11) is 1.63. The maximum atomic E-state index is 5.00. The summed E-state index contributed by atoms with van der Waals surface area (Å²) in [5.41, 5.74) is 3.25. The Labute approximate surface area is 106 Å². The third kappa shape index (κ3) is 2.84. The van der Waals surface area contributed by atoms with Crippen LogP contribution < -0.4 is 5.32 Å². The van der Waals surface area contributed by atoms with Gasteiger partial charge in [0.05, 0.1) is 5.69 Å². The second-order valence-electron chi connectivity index (χ2n) is 4.06. The van der Waals surface area contributed by atoms with Crippen LogP contribution in [0.15, 0.2) is 12.3 Å². The monoisotopic (exact) mass is 247 g/mol. The maximum Gasteiger partial charge on any atom is 0.156 e. The largest absolute Gasteiger partial charge is 0.377 e. The number of hydrogen-bond acceptors (Lipinski definition) is 5. The summed E-state index contributed by atoms with van der Waals surface area (Å²) in [6.07, 6.45) is 1.72. The molecule has 2 rings (SSSR count). The standard InChI is InChI=1S/C12H17N5O/c1-8-10(9(2)17-16-8)6-14-11-4-5-13-12(15-11)7-18-3/h4-5H,6-7H2,1-3H3,(H,16,17)(H,13,14,15). The van der Waals surface area contributed by atoms with Crippen molar-refractivity contribution in [1.29, 1.82) is 0 Å². The van der Waals surface area contributed by atoms with E-state index in [1.807, 2.05) is 19.9 Å². The molecule has 18 heavy (non-hydrogen) atoms. The molecule has 0 aliphatic carbocycles. The quantitative estimate of drug-likeness (QED) is 0.838. The Kier molecular flexibility index (Phi) is 3.88. The average Bonchev–Trinajstić information content (AvgIpc) is 2.68. The zero-order valence-corrected chi connectivity index (χ0v) is 10.8. The second kappa shape index (κ2) is 5.59. The summed E-state index contributed by atoms with van der Waals surface area (Å²) in [4.78, 5) is 8.46. The summed E-state index contributed by atoms with van der Waals surface area (Å²) >= 11 is 0. The van der Waals surface area contributed by atoms with E-state index in [2.05, 4.69) is 25.5 Å². The van der Waals surface area contributed by atoms with Crippen molar-refractivity contribution in [3.8, 4) is 0 Å². The first-order valence-electron chi connectivity index (χ1n) is 5.76. The topological polar surface area (TPSA) is 75.7 Å². The van der Waals surface area contributed by atoms with Gasteiger partial charge in [-0.1, -0.05) is 0 Å². The van der Waals surface area contributed by atoms with E-state index in [4.69, 9.17) is 4.74 Å². The van der Waals surface area contributed by atoms with Crippen molar-refractivity contribution in [2.45, 2.75) is 27.0 Å². The minimum Gasteiger partial charge on any atom is -0.377 e. The number of nitrogens with zero attached hydrogens (tertiary/aromatic N) is 3. The van der Waals surface area contributed by atoms with Crippen molar-refractivity contribution in [3.63, 3.8) is 0 Å². The first-order valence-corrected chi connectivity index (χ1v) is 5.76. The van der Waals surface area contributed by atoms with Crippen molar-refractivity contribution in [1.82, 2.24) is 20.2 Å². The van der Waals surface area contributed by atoms with Crippen LogP contribution in [-0.4, -0.2) is 27.3 Å². The van der Waals surface area contributed by atoms with Gasteiger partial charge in [-0.25, -0.2) is 9.97 Å². The molecule has 0 bridgehead atoms. The Bertz CT molecular complexity index is 503. The lowest BCUT2D eigenvalue weighted by Gasteiger charge is -2.06. The van der Waals surface area contributed by atoms with Crippen LogP contribution in [0.4, 0.5) is 5.82 Å². The van der Waals surface area contributed by atoms with Crippen molar-refractivity contribution < 1.29 is 4.74 Å². The molecule has 2 heterocycles. The molecular formula is C12H17N5O. The average molecular weight is 247 g/mol. The third-order valence-corrected chi connectivity index (χ3v) is 2.71. The molecule has 2 aromatic rings. The Balaban J connectivity index is 2.04. The van der Waals surface area contributed by atoms with Crippen LogP contribution in [0.2, 0.25) is 0 Å². The molecule has 96 valence electrons. The molecule has 0 fully saturated rings. The van der Waals surface area contributed by atoms with Crippen LogP contribution in [0, 0.1) is 13.8 Å². The molecule has 2 N–H and O–H groups in total. The highest BCUT2D eigenvalue weighted by Gasteiger charge is 2.06. The van der Waals surface area contributed by atoms with Crippen molar-refractivity contribution in [3.05, 3.63) is 35.0 Å².